The number of amides is 1. The summed E-state index contributed by atoms with van der Waals surface area (Å²) in [5.41, 5.74) is 1.17. The Bertz CT molecular complexity index is 686. The lowest BCUT2D eigenvalue weighted by Crippen LogP contribution is -2.43. The molecule has 1 saturated heterocycles. The van der Waals surface area contributed by atoms with Gasteiger partial charge in [-0.25, -0.2) is 0 Å². The second-order valence-corrected chi connectivity index (χ2v) is 6.53. The number of rotatable bonds is 7. The van der Waals surface area contributed by atoms with Crippen molar-refractivity contribution >= 4 is 5.91 Å². The van der Waals surface area contributed by atoms with E-state index >= 15 is 0 Å². The zero-order chi connectivity index (χ0) is 17.6. The summed E-state index contributed by atoms with van der Waals surface area (Å²) in [6, 6.07) is 8.08. The maximum atomic E-state index is 12.3. The van der Waals surface area contributed by atoms with E-state index in [0.717, 1.165) is 44.2 Å². The summed E-state index contributed by atoms with van der Waals surface area (Å²) in [7, 11) is 2.00. The van der Waals surface area contributed by atoms with E-state index in [0.29, 0.717) is 13.0 Å². The molecule has 1 fully saturated rings. The number of morpholine rings is 1. The van der Waals surface area contributed by atoms with Crippen molar-refractivity contribution in [3.05, 3.63) is 47.7 Å². The van der Waals surface area contributed by atoms with E-state index in [4.69, 9.17) is 9.15 Å². The van der Waals surface area contributed by atoms with Crippen LogP contribution in [0.3, 0.4) is 0 Å². The number of hydrogen-bond acceptors (Lipinski definition) is 4. The van der Waals surface area contributed by atoms with Gasteiger partial charge in [-0.3, -0.25) is 9.69 Å². The summed E-state index contributed by atoms with van der Waals surface area (Å²) < 4.78 is 13.3. The molecule has 0 spiro atoms. The van der Waals surface area contributed by atoms with E-state index < -0.39 is 0 Å². The van der Waals surface area contributed by atoms with Crippen LogP contribution < -0.4 is 5.32 Å². The van der Waals surface area contributed by atoms with Crippen LogP contribution in [0.15, 0.2) is 34.9 Å². The Morgan fingerprint density at radius 2 is 2.08 bits per heavy atom. The Labute approximate surface area is 148 Å². The normalized spacial score (nSPS) is 16.7. The lowest BCUT2D eigenvalue weighted by atomic mass is 10.1. The molecule has 6 nitrogen and oxygen atoms in total. The average Bonchev–Trinajstić information content (AvgIpc) is 3.22. The van der Waals surface area contributed by atoms with Gasteiger partial charge >= 0.3 is 0 Å². The molecule has 136 valence electrons. The van der Waals surface area contributed by atoms with Crippen molar-refractivity contribution in [3.63, 3.8) is 0 Å². The van der Waals surface area contributed by atoms with Crippen LogP contribution in [0.5, 0.6) is 0 Å². The number of nitrogens with one attached hydrogen (secondary N) is 1. The van der Waals surface area contributed by atoms with E-state index in [2.05, 4.69) is 20.9 Å². The van der Waals surface area contributed by atoms with Crippen molar-refractivity contribution in [2.45, 2.75) is 25.8 Å². The first-order valence-electron chi connectivity index (χ1n) is 8.88. The molecule has 1 N–H and O–H groups in total. The van der Waals surface area contributed by atoms with Crippen molar-refractivity contribution in [2.75, 3.05) is 32.8 Å². The topological polar surface area (TPSA) is 59.6 Å². The Morgan fingerprint density at radius 3 is 2.72 bits per heavy atom. The third-order valence-electron chi connectivity index (χ3n) is 4.73. The minimum Gasteiger partial charge on any atom is -0.465 e. The quantitative estimate of drug-likeness (QED) is 0.834. The molecule has 3 rings (SSSR count). The van der Waals surface area contributed by atoms with E-state index in [1.165, 1.54) is 5.69 Å². The fourth-order valence-electron chi connectivity index (χ4n) is 3.23. The van der Waals surface area contributed by atoms with Crippen LogP contribution in [0.25, 0.3) is 0 Å². The molecular formula is C19H27N3O3. The number of furan rings is 1. The van der Waals surface area contributed by atoms with E-state index in [1.807, 2.05) is 38.4 Å². The summed E-state index contributed by atoms with van der Waals surface area (Å²) in [6.45, 7) is 5.64. The van der Waals surface area contributed by atoms with Crippen LogP contribution in [0, 0.1) is 6.92 Å². The van der Waals surface area contributed by atoms with E-state index in [1.54, 1.807) is 0 Å². The fraction of sp³-hybridized carbons (Fsp3) is 0.526. The maximum Gasteiger partial charge on any atom is 0.220 e. The number of aromatic nitrogens is 1. The first-order chi connectivity index (χ1) is 12.1. The van der Waals surface area contributed by atoms with Crippen molar-refractivity contribution in [1.29, 1.82) is 0 Å². The largest absolute Gasteiger partial charge is 0.465 e. The van der Waals surface area contributed by atoms with Gasteiger partial charge in [0.2, 0.25) is 5.91 Å². The standard InChI is InChI=1S/C19H27N3O3/c1-15-5-7-18(25-15)17(22-10-12-24-13-11-22)14-20-19(23)8-6-16-4-3-9-21(16)2/h3-5,7,9,17H,6,8,10-14H2,1-2H3,(H,20,23). The molecule has 0 saturated carbocycles. The highest BCUT2D eigenvalue weighted by molar-refractivity contribution is 5.76. The summed E-state index contributed by atoms with van der Waals surface area (Å²) in [5.74, 6) is 1.87. The zero-order valence-corrected chi connectivity index (χ0v) is 15.0. The van der Waals surface area contributed by atoms with Gasteiger partial charge in [-0.2, -0.15) is 0 Å². The van der Waals surface area contributed by atoms with Crippen molar-refractivity contribution in [1.82, 2.24) is 14.8 Å². The van der Waals surface area contributed by atoms with Crippen molar-refractivity contribution in [2.24, 2.45) is 7.05 Å². The number of hydrogen-bond donors (Lipinski definition) is 1. The first-order valence-corrected chi connectivity index (χ1v) is 8.88. The van der Waals surface area contributed by atoms with Crippen LogP contribution in [-0.4, -0.2) is 48.2 Å². The maximum absolute atomic E-state index is 12.3. The first kappa shape index (κ1) is 17.8. The highest BCUT2D eigenvalue weighted by atomic mass is 16.5. The predicted molar refractivity (Wildman–Crippen MR) is 95.3 cm³/mol. The molecule has 2 aromatic rings. The number of carbonyl (C=O) groups is 1. The third kappa shape index (κ3) is 4.74. The molecule has 1 aliphatic rings. The zero-order valence-electron chi connectivity index (χ0n) is 15.0. The van der Waals surface area contributed by atoms with Crippen LogP contribution >= 0.6 is 0 Å². The monoisotopic (exact) mass is 345 g/mol. The van der Waals surface area contributed by atoms with Gasteiger partial charge in [0.15, 0.2) is 0 Å². The molecule has 2 aromatic heterocycles. The highest BCUT2D eigenvalue weighted by Gasteiger charge is 2.25. The number of carbonyl (C=O) groups excluding carboxylic acids is 1. The predicted octanol–water partition coefficient (Wildman–Crippen LogP) is 2.05. The smallest absolute Gasteiger partial charge is 0.220 e. The molecule has 25 heavy (non-hydrogen) atoms. The molecule has 6 heteroatoms. The Hall–Kier alpha value is -2.05. The highest BCUT2D eigenvalue weighted by Crippen LogP contribution is 2.23. The van der Waals surface area contributed by atoms with E-state index in [9.17, 15) is 4.79 Å². The summed E-state index contributed by atoms with van der Waals surface area (Å²) >= 11 is 0. The van der Waals surface area contributed by atoms with Gasteiger partial charge < -0.3 is 19.0 Å². The molecule has 0 aliphatic carbocycles. The van der Waals surface area contributed by atoms with Gasteiger partial charge in [-0.15, -0.1) is 0 Å². The lowest BCUT2D eigenvalue weighted by molar-refractivity contribution is -0.121. The summed E-state index contributed by atoms with van der Waals surface area (Å²) in [5, 5.41) is 3.08. The molecule has 3 heterocycles. The van der Waals surface area contributed by atoms with Crippen LogP contribution in [0.4, 0.5) is 0 Å². The minimum absolute atomic E-state index is 0.0524. The van der Waals surface area contributed by atoms with Gasteiger partial charge in [0.05, 0.1) is 19.3 Å². The fourth-order valence-corrected chi connectivity index (χ4v) is 3.23. The Balaban J connectivity index is 1.56. The third-order valence-corrected chi connectivity index (χ3v) is 4.73. The van der Waals surface area contributed by atoms with Gasteiger partial charge in [-0.1, -0.05) is 0 Å². The Morgan fingerprint density at radius 1 is 1.28 bits per heavy atom. The van der Waals surface area contributed by atoms with Gasteiger partial charge in [-0.05, 0) is 37.6 Å². The van der Waals surface area contributed by atoms with Gasteiger partial charge in [0.1, 0.15) is 11.5 Å². The molecule has 1 atom stereocenters. The molecule has 0 bridgehead atoms. The van der Waals surface area contributed by atoms with Crippen LogP contribution in [-0.2, 0) is 23.0 Å². The number of nitrogens with zero attached hydrogens (tertiary/aromatic N) is 2. The second kappa shape index (κ2) is 8.36. The summed E-state index contributed by atoms with van der Waals surface area (Å²) in [6.07, 6.45) is 3.24. The number of ether oxygens (including phenoxy) is 1. The van der Waals surface area contributed by atoms with Crippen molar-refractivity contribution < 1.29 is 13.9 Å². The average molecular weight is 345 g/mol. The van der Waals surface area contributed by atoms with Gasteiger partial charge in [0.25, 0.3) is 0 Å². The van der Waals surface area contributed by atoms with Gasteiger partial charge in [0, 0.05) is 45.0 Å². The van der Waals surface area contributed by atoms with Crippen molar-refractivity contribution in [3.8, 4) is 0 Å². The molecule has 1 unspecified atom stereocenters. The van der Waals surface area contributed by atoms with Crippen LogP contribution in [0.1, 0.15) is 29.7 Å². The molecular weight excluding hydrogens is 318 g/mol. The summed E-state index contributed by atoms with van der Waals surface area (Å²) in [4.78, 5) is 14.6. The Kier molecular flexibility index (Phi) is 5.94. The second-order valence-electron chi connectivity index (χ2n) is 6.53. The SMILES string of the molecule is Cc1ccc(C(CNC(=O)CCc2cccn2C)N2CCOCC2)o1. The minimum atomic E-state index is 0.0524. The van der Waals surface area contributed by atoms with Crippen LogP contribution in [0.2, 0.25) is 0 Å². The molecule has 0 radical (unpaired) electrons. The molecule has 1 amide bonds. The molecule has 1 aliphatic heterocycles. The number of aryl methyl sites for hydroxylation is 3. The van der Waals surface area contributed by atoms with E-state index in [-0.39, 0.29) is 11.9 Å². The molecule has 0 aromatic carbocycles. The lowest BCUT2D eigenvalue weighted by Gasteiger charge is -2.33.